The van der Waals surface area contributed by atoms with E-state index in [4.69, 9.17) is 10.8 Å². The maximum atomic E-state index is 11.6. The van der Waals surface area contributed by atoms with Crippen molar-refractivity contribution < 1.29 is 19.5 Å². The van der Waals surface area contributed by atoms with Gasteiger partial charge in [-0.25, -0.2) is 9.59 Å². The van der Waals surface area contributed by atoms with E-state index in [-0.39, 0.29) is 6.04 Å². The van der Waals surface area contributed by atoms with Gasteiger partial charge in [-0.05, 0) is 25.7 Å². The minimum absolute atomic E-state index is 0.0644. The summed E-state index contributed by atoms with van der Waals surface area (Å²) in [6, 6.07) is -1.97. The van der Waals surface area contributed by atoms with Crippen LogP contribution in [0.1, 0.15) is 40.0 Å². The molecule has 2 atom stereocenters. The molecule has 110 valence electrons. The molecular formula is C12H23N3O4. The third-order valence-corrected chi connectivity index (χ3v) is 2.56. The Bertz CT molecular complexity index is 331. The van der Waals surface area contributed by atoms with E-state index in [0.29, 0.717) is 5.92 Å². The minimum Gasteiger partial charge on any atom is -0.480 e. The number of urea groups is 1. The predicted octanol–water partition coefficient (Wildman–Crippen LogP) is 0.439. The minimum atomic E-state index is -1.30. The van der Waals surface area contributed by atoms with Crippen LogP contribution in [0.4, 0.5) is 4.79 Å². The Balaban J connectivity index is 4.18. The van der Waals surface area contributed by atoms with E-state index in [2.05, 4.69) is 24.5 Å². The van der Waals surface area contributed by atoms with Gasteiger partial charge in [-0.1, -0.05) is 13.8 Å². The average Bonchev–Trinajstić information content (AvgIpc) is 2.24. The number of carboxylic acids is 1. The zero-order chi connectivity index (χ0) is 15.0. The molecule has 0 bridgehead atoms. The van der Waals surface area contributed by atoms with Gasteiger partial charge < -0.3 is 21.5 Å². The third kappa shape index (κ3) is 8.87. The van der Waals surface area contributed by atoms with Crippen molar-refractivity contribution in [3.05, 3.63) is 0 Å². The van der Waals surface area contributed by atoms with Crippen LogP contribution in [0.25, 0.3) is 0 Å². The predicted molar refractivity (Wildman–Crippen MR) is 70.4 cm³/mol. The molecule has 7 nitrogen and oxygen atoms in total. The second-order valence-electron chi connectivity index (χ2n) is 5.05. The SMILES string of the molecule is CC(C)CCC(C)NC(=O)N[C@@H](CC(N)=O)C(=O)O. The Morgan fingerprint density at radius 3 is 2.11 bits per heavy atom. The Morgan fingerprint density at radius 1 is 1.11 bits per heavy atom. The number of rotatable bonds is 8. The van der Waals surface area contributed by atoms with Gasteiger partial charge in [-0.2, -0.15) is 0 Å². The van der Waals surface area contributed by atoms with Crippen LogP contribution in [0.2, 0.25) is 0 Å². The van der Waals surface area contributed by atoms with E-state index in [0.717, 1.165) is 12.8 Å². The monoisotopic (exact) mass is 273 g/mol. The van der Waals surface area contributed by atoms with E-state index in [1.54, 1.807) is 0 Å². The number of nitrogens with one attached hydrogen (secondary N) is 2. The smallest absolute Gasteiger partial charge is 0.326 e. The molecule has 0 saturated heterocycles. The molecule has 5 N–H and O–H groups in total. The lowest BCUT2D eigenvalue weighted by molar-refractivity contribution is -0.140. The number of carbonyl (C=O) groups is 3. The van der Waals surface area contributed by atoms with Crippen molar-refractivity contribution in [2.75, 3.05) is 0 Å². The first-order chi connectivity index (χ1) is 8.72. The molecule has 0 saturated carbocycles. The van der Waals surface area contributed by atoms with E-state index < -0.39 is 30.4 Å². The van der Waals surface area contributed by atoms with Gasteiger partial charge in [-0.3, -0.25) is 4.79 Å². The molecule has 0 heterocycles. The fourth-order valence-electron chi connectivity index (χ4n) is 1.48. The van der Waals surface area contributed by atoms with Crippen molar-refractivity contribution in [2.45, 2.75) is 52.1 Å². The number of aliphatic carboxylic acids is 1. The number of amides is 3. The second kappa shape index (κ2) is 8.34. The standard InChI is InChI=1S/C12H23N3O4/c1-7(2)4-5-8(3)14-12(19)15-9(11(17)18)6-10(13)16/h7-9H,4-6H2,1-3H3,(H2,13,16)(H,17,18)(H2,14,15,19)/t8?,9-/m0/s1. The van der Waals surface area contributed by atoms with E-state index in [1.807, 2.05) is 6.92 Å². The van der Waals surface area contributed by atoms with Crippen molar-refractivity contribution in [1.82, 2.24) is 10.6 Å². The summed E-state index contributed by atoms with van der Waals surface area (Å²) in [7, 11) is 0. The van der Waals surface area contributed by atoms with Gasteiger partial charge >= 0.3 is 12.0 Å². The summed E-state index contributed by atoms with van der Waals surface area (Å²) in [6.45, 7) is 6.01. The molecule has 0 aliphatic heterocycles. The van der Waals surface area contributed by atoms with Gasteiger partial charge in [0.25, 0.3) is 0 Å². The summed E-state index contributed by atoms with van der Waals surface area (Å²) < 4.78 is 0. The molecule has 0 rings (SSSR count). The van der Waals surface area contributed by atoms with Crippen LogP contribution in [0.3, 0.4) is 0 Å². The Kier molecular flexibility index (Phi) is 7.55. The number of nitrogens with two attached hydrogens (primary N) is 1. The van der Waals surface area contributed by atoms with Crippen molar-refractivity contribution in [3.8, 4) is 0 Å². The number of hydrogen-bond donors (Lipinski definition) is 4. The molecule has 0 aromatic carbocycles. The fourth-order valence-corrected chi connectivity index (χ4v) is 1.48. The lowest BCUT2D eigenvalue weighted by atomic mass is 10.0. The summed E-state index contributed by atoms with van der Waals surface area (Å²) in [5.41, 5.74) is 4.92. The number of primary amides is 1. The molecular weight excluding hydrogens is 250 g/mol. The Hall–Kier alpha value is -1.79. The van der Waals surface area contributed by atoms with Crippen LogP contribution in [0.15, 0.2) is 0 Å². The molecule has 0 aromatic heterocycles. The van der Waals surface area contributed by atoms with Crippen molar-refractivity contribution >= 4 is 17.9 Å². The lowest BCUT2D eigenvalue weighted by Crippen LogP contribution is -2.49. The van der Waals surface area contributed by atoms with E-state index in [9.17, 15) is 14.4 Å². The molecule has 0 aromatic rings. The summed E-state index contributed by atoms with van der Waals surface area (Å²) >= 11 is 0. The summed E-state index contributed by atoms with van der Waals surface area (Å²) in [5.74, 6) is -1.53. The van der Waals surface area contributed by atoms with E-state index in [1.165, 1.54) is 0 Å². The van der Waals surface area contributed by atoms with Crippen molar-refractivity contribution in [2.24, 2.45) is 11.7 Å². The van der Waals surface area contributed by atoms with Crippen molar-refractivity contribution in [1.29, 1.82) is 0 Å². The Morgan fingerprint density at radius 2 is 1.68 bits per heavy atom. The fraction of sp³-hybridized carbons (Fsp3) is 0.750. The van der Waals surface area contributed by atoms with Gasteiger partial charge in [0.05, 0.1) is 6.42 Å². The van der Waals surface area contributed by atoms with E-state index >= 15 is 0 Å². The first-order valence-electron chi connectivity index (χ1n) is 6.30. The summed E-state index contributed by atoms with van der Waals surface area (Å²) in [4.78, 5) is 33.1. The highest BCUT2D eigenvalue weighted by Gasteiger charge is 2.22. The average molecular weight is 273 g/mol. The normalized spacial score (nSPS) is 13.7. The zero-order valence-corrected chi connectivity index (χ0v) is 11.6. The molecule has 1 unspecified atom stereocenters. The first-order valence-corrected chi connectivity index (χ1v) is 6.30. The number of hydrogen-bond acceptors (Lipinski definition) is 3. The number of carbonyl (C=O) groups excluding carboxylic acids is 2. The highest BCUT2D eigenvalue weighted by Crippen LogP contribution is 2.06. The summed E-state index contributed by atoms with van der Waals surface area (Å²) in [6.07, 6.45) is 1.34. The van der Waals surface area contributed by atoms with Gasteiger partial charge in [0.2, 0.25) is 5.91 Å². The zero-order valence-electron chi connectivity index (χ0n) is 11.6. The molecule has 0 radical (unpaired) electrons. The molecule has 0 spiro atoms. The highest BCUT2D eigenvalue weighted by atomic mass is 16.4. The number of carboxylic acid groups (broad SMARTS) is 1. The Labute approximate surface area is 112 Å². The van der Waals surface area contributed by atoms with Gasteiger partial charge in [0.15, 0.2) is 0 Å². The lowest BCUT2D eigenvalue weighted by Gasteiger charge is -2.18. The van der Waals surface area contributed by atoms with Crippen LogP contribution in [-0.2, 0) is 9.59 Å². The van der Waals surface area contributed by atoms with Crippen LogP contribution in [-0.4, -0.2) is 35.1 Å². The maximum absolute atomic E-state index is 11.6. The molecule has 0 fully saturated rings. The third-order valence-electron chi connectivity index (χ3n) is 2.56. The van der Waals surface area contributed by atoms with Gasteiger partial charge in [0, 0.05) is 6.04 Å². The van der Waals surface area contributed by atoms with Crippen LogP contribution >= 0.6 is 0 Å². The topological polar surface area (TPSA) is 122 Å². The maximum Gasteiger partial charge on any atom is 0.326 e. The van der Waals surface area contributed by atoms with Crippen LogP contribution in [0, 0.1) is 5.92 Å². The van der Waals surface area contributed by atoms with Crippen LogP contribution in [0.5, 0.6) is 0 Å². The first kappa shape index (κ1) is 17.2. The summed E-state index contributed by atoms with van der Waals surface area (Å²) in [5, 5.41) is 13.7. The molecule has 3 amide bonds. The second-order valence-corrected chi connectivity index (χ2v) is 5.05. The molecule has 19 heavy (non-hydrogen) atoms. The molecule has 0 aliphatic carbocycles. The van der Waals surface area contributed by atoms with Crippen LogP contribution < -0.4 is 16.4 Å². The molecule has 7 heteroatoms. The van der Waals surface area contributed by atoms with Crippen molar-refractivity contribution in [3.63, 3.8) is 0 Å². The van der Waals surface area contributed by atoms with Gasteiger partial charge in [-0.15, -0.1) is 0 Å². The largest absolute Gasteiger partial charge is 0.480 e. The highest BCUT2D eigenvalue weighted by molar-refractivity contribution is 5.87. The quantitative estimate of drug-likeness (QED) is 0.512. The van der Waals surface area contributed by atoms with Gasteiger partial charge in [0.1, 0.15) is 6.04 Å². The molecule has 0 aliphatic rings.